The molecule has 2 aliphatic rings. The van der Waals surface area contributed by atoms with Crippen LogP contribution in [0.25, 0.3) is 0 Å². The van der Waals surface area contributed by atoms with Crippen LogP contribution in [0.15, 0.2) is 0 Å². The normalized spacial score (nSPS) is 42.9. The molecule has 0 aromatic heterocycles. The summed E-state index contributed by atoms with van der Waals surface area (Å²) in [4.78, 5) is 11.2. The molecule has 0 saturated carbocycles. The summed E-state index contributed by atoms with van der Waals surface area (Å²) in [5.41, 5.74) is 0. The zero-order chi connectivity index (χ0) is 21.0. The molecule has 0 spiro atoms. The van der Waals surface area contributed by atoms with Crippen LogP contribution in [0, 0.1) is 0 Å². The summed E-state index contributed by atoms with van der Waals surface area (Å²) in [5, 5.41) is 49.4. The summed E-state index contributed by atoms with van der Waals surface area (Å²) in [6, 6.07) is 0. The van der Waals surface area contributed by atoms with Crippen LogP contribution in [0.1, 0.15) is 40.0 Å². The Morgan fingerprint density at radius 3 is 2.39 bits per heavy atom. The van der Waals surface area contributed by atoms with Crippen molar-refractivity contribution in [3.63, 3.8) is 0 Å². The van der Waals surface area contributed by atoms with Gasteiger partial charge < -0.3 is 49.3 Å². The number of ketones is 1. The van der Waals surface area contributed by atoms with Gasteiger partial charge in [0, 0.05) is 12.8 Å². The highest BCUT2D eigenvalue weighted by molar-refractivity contribution is 5.75. The number of ether oxygens (including phenoxy) is 4. The van der Waals surface area contributed by atoms with E-state index in [1.165, 1.54) is 6.92 Å². The second-order valence-electron chi connectivity index (χ2n) is 7.57. The molecule has 0 aromatic rings. The number of Topliss-reactive ketones (excluding diaryl/α,β-unsaturated/α-hetero) is 1. The number of hydrogen-bond donors (Lipinski definition) is 5. The lowest BCUT2D eigenvalue weighted by Gasteiger charge is -2.44. The third-order valence-electron chi connectivity index (χ3n) is 5.09. The molecule has 2 aliphatic heterocycles. The Labute approximate surface area is 164 Å². The first-order valence-electron chi connectivity index (χ1n) is 9.58. The van der Waals surface area contributed by atoms with E-state index in [-0.39, 0.29) is 18.3 Å². The first-order chi connectivity index (χ1) is 13.1. The van der Waals surface area contributed by atoms with E-state index in [2.05, 4.69) is 0 Å². The van der Waals surface area contributed by atoms with Gasteiger partial charge in [-0.25, -0.2) is 0 Å². The lowest BCUT2D eigenvalue weighted by Crippen LogP contribution is -2.61. The second kappa shape index (κ2) is 10.4. The van der Waals surface area contributed by atoms with Crippen molar-refractivity contribution < 1.29 is 49.3 Å². The van der Waals surface area contributed by atoms with E-state index in [1.54, 1.807) is 13.8 Å². The number of aliphatic hydroxyl groups is 5. The highest BCUT2D eigenvalue weighted by Crippen LogP contribution is 2.30. The molecular weight excluding hydrogens is 376 g/mol. The van der Waals surface area contributed by atoms with Gasteiger partial charge in [0.15, 0.2) is 12.6 Å². The predicted molar refractivity (Wildman–Crippen MR) is 94.1 cm³/mol. The molecule has 10 nitrogen and oxygen atoms in total. The lowest BCUT2D eigenvalue weighted by molar-refractivity contribution is -0.352. The van der Waals surface area contributed by atoms with Crippen LogP contribution in [0.2, 0.25) is 0 Å². The van der Waals surface area contributed by atoms with Crippen LogP contribution in [0.4, 0.5) is 0 Å². The zero-order valence-electron chi connectivity index (χ0n) is 16.4. The quantitative estimate of drug-likeness (QED) is 0.318. The van der Waals surface area contributed by atoms with Crippen LogP contribution in [-0.4, -0.2) is 99.3 Å². The van der Waals surface area contributed by atoms with Crippen molar-refractivity contribution in [2.24, 2.45) is 0 Å². The molecule has 0 aliphatic carbocycles. The monoisotopic (exact) mass is 408 g/mol. The van der Waals surface area contributed by atoms with Crippen molar-refractivity contribution in [1.29, 1.82) is 0 Å². The van der Waals surface area contributed by atoms with Crippen molar-refractivity contribution >= 4 is 5.78 Å². The first kappa shape index (κ1) is 23.6. The van der Waals surface area contributed by atoms with Crippen LogP contribution < -0.4 is 0 Å². The van der Waals surface area contributed by atoms with E-state index in [0.717, 1.165) is 0 Å². The Bertz CT molecular complexity index is 501. The van der Waals surface area contributed by atoms with Gasteiger partial charge in [-0.1, -0.05) is 0 Å². The van der Waals surface area contributed by atoms with Crippen molar-refractivity contribution in [3.05, 3.63) is 0 Å². The lowest BCUT2D eigenvalue weighted by atomic mass is 9.98. The average molecular weight is 408 g/mol. The van der Waals surface area contributed by atoms with E-state index >= 15 is 0 Å². The smallest absolute Gasteiger partial charge is 0.187 e. The van der Waals surface area contributed by atoms with Crippen LogP contribution in [0.5, 0.6) is 0 Å². The van der Waals surface area contributed by atoms with Gasteiger partial charge in [-0.05, 0) is 27.2 Å². The number of carbonyl (C=O) groups is 1. The Hall–Kier alpha value is -0.690. The fourth-order valence-corrected chi connectivity index (χ4v) is 3.23. The van der Waals surface area contributed by atoms with Crippen LogP contribution in [-0.2, 0) is 23.7 Å². The van der Waals surface area contributed by atoms with Crippen molar-refractivity contribution in [3.8, 4) is 0 Å². The summed E-state index contributed by atoms with van der Waals surface area (Å²) in [7, 11) is 0. The van der Waals surface area contributed by atoms with Crippen molar-refractivity contribution in [2.45, 2.75) is 101 Å². The fourth-order valence-electron chi connectivity index (χ4n) is 3.23. The van der Waals surface area contributed by atoms with E-state index in [1.807, 2.05) is 0 Å². The molecule has 0 aromatic carbocycles. The number of carbonyl (C=O) groups excluding carboxylic acids is 1. The standard InChI is InChI=1S/C18H32O10/c1-8(20)4-5-9(2)25-17-12(6-11(21)10(3)26-17)27-18-16(24)15(23)14(22)13(7-19)28-18/h9-19,21-24H,4-7H2,1-3H3/t9-,10?,11-,12?,13?,14-,15?,16+,17-,18-/m1/s1. The molecule has 0 radical (unpaired) electrons. The number of hydrogen-bond acceptors (Lipinski definition) is 10. The molecule has 2 saturated heterocycles. The molecule has 5 N–H and O–H groups in total. The Kier molecular flexibility index (Phi) is 8.74. The first-order valence-corrected chi connectivity index (χ1v) is 9.58. The minimum atomic E-state index is -1.57. The molecule has 10 atom stereocenters. The van der Waals surface area contributed by atoms with Gasteiger partial charge in [-0.3, -0.25) is 0 Å². The van der Waals surface area contributed by atoms with E-state index in [4.69, 9.17) is 18.9 Å². The van der Waals surface area contributed by atoms with E-state index in [0.29, 0.717) is 12.8 Å². The maximum Gasteiger partial charge on any atom is 0.187 e. The highest BCUT2D eigenvalue weighted by Gasteiger charge is 2.47. The summed E-state index contributed by atoms with van der Waals surface area (Å²) in [5.74, 6) is 0.0397. The Morgan fingerprint density at radius 2 is 1.79 bits per heavy atom. The Morgan fingerprint density at radius 1 is 1.11 bits per heavy atom. The average Bonchev–Trinajstić information content (AvgIpc) is 2.64. The number of rotatable bonds is 8. The third-order valence-corrected chi connectivity index (χ3v) is 5.09. The highest BCUT2D eigenvalue weighted by atomic mass is 16.7. The summed E-state index contributed by atoms with van der Waals surface area (Å²) < 4.78 is 22.6. The molecule has 4 unspecified atom stereocenters. The minimum Gasteiger partial charge on any atom is -0.394 e. The van der Waals surface area contributed by atoms with Gasteiger partial charge in [-0.2, -0.15) is 0 Å². The van der Waals surface area contributed by atoms with Gasteiger partial charge in [0.2, 0.25) is 0 Å². The molecule has 2 rings (SSSR count). The third kappa shape index (κ3) is 5.91. The zero-order valence-corrected chi connectivity index (χ0v) is 16.4. The van der Waals surface area contributed by atoms with Gasteiger partial charge in [0.25, 0.3) is 0 Å². The molecule has 0 amide bonds. The largest absolute Gasteiger partial charge is 0.394 e. The molecule has 2 heterocycles. The summed E-state index contributed by atoms with van der Waals surface area (Å²) in [6.07, 6.45) is -9.55. The fraction of sp³-hybridized carbons (Fsp3) is 0.944. The molecule has 0 bridgehead atoms. The van der Waals surface area contributed by atoms with Crippen molar-refractivity contribution in [2.75, 3.05) is 6.61 Å². The van der Waals surface area contributed by atoms with Gasteiger partial charge in [0.05, 0.1) is 24.9 Å². The maximum atomic E-state index is 11.2. The van der Waals surface area contributed by atoms with Gasteiger partial charge in [-0.15, -0.1) is 0 Å². The summed E-state index contributed by atoms with van der Waals surface area (Å²) in [6.45, 7) is 4.39. The summed E-state index contributed by atoms with van der Waals surface area (Å²) >= 11 is 0. The predicted octanol–water partition coefficient (Wildman–Crippen LogP) is -1.56. The molecule has 2 fully saturated rings. The van der Waals surface area contributed by atoms with Gasteiger partial charge >= 0.3 is 0 Å². The molecule has 10 heteroatoms. The maximum absolute atomic E-state index is 11.2. The second-order valence-corrected chi connectivity index (χ2v) is 7.57. The topological polar surface area (TPSA) is 155 Å². The van der Waals surface area contributed by atoms with Gasteiger partial charge in [0.1, 0.15) is 36.3 Å². The van der Waals surface area contributed by atoms with Crippen molar-refractivity contribution in [1.82, 2.24) is 0 Å². The molecule has 164 valence electrons. The van der Waals surface area contributed by atoms with Crippen LogP contribution >= 0.6 is 0 Å². The SMILES string of the molecule is CC(=O)CC[C@@H](C)O[C@@H]1OC(C)[C@H](O)CC1O[C@@H]1OC(CO)[C@@H](O)C(O)[C@@H]1O. The van der Waals surface area contributed by atoms with Crippen LogP contribution in [0.3, 0.4) is 0 Å². The molecular formula is C18H32O10. The minimum absolute atomic E-state index is 0.0397. The van der Waals surface area contributed by atoms with E-state index < -0.39 is 61.9 Å². The molecule has 28 heavy (non-hydrogen) atoms. The van der Waals surface area contributed by atoms with E-state index in [9.17, 15) is 30.3 Å². The Balaban J connectivity index is 2.05. The number of aliphatic hydroxyl groups excluding tert-OH is 5.